The SMILES string of the molecule is CC(C)(C)OC(=O)CC[C@@H](CC(N)=O)N1C(=O)c2cccc(NCc3ccc(CO)cc3F)c2C1=O. The molecule has 0 fully saturated rings. The number of benzene rings is 2. The zero-order chi connectivity index (χ0) is 26.6. The van der Waals surface area contributed by atoms with Gasteiger partial charge in [-0.2, -0.15) is 0 Å². The summed E-state index contributed by atoms with van der Waals surface area (Å²) >= 11 is 0. The molecule has 0 unspecified atom stereocenters. The van der Waals surface area contributed by atoms with Gasteiger partial charge in [-0.1, -0.05) is 18.2 Å². The van der Waals surface area contributed by atoms with E-state index in [0.29, 0.717) is 16.8 Å². The molecule has 2 aromatic carbocycles. The van der Waals surface area contributed by atoms with E-state index in [1.807, 2.05) is 0 Å². The average Bonchev–Trinajstić information content (AvgIpc) is 3.05. The molecule has 1 aliphatic rings. The number of hydrogen-bond acceptors (Lipinski definition) is 7. The second-order valence-electron chi connectivity index (χ2n) is 9.60. The van der Waals surface area contributed by atoms with Gasteiger partial charge in [-0.3, -0.25) is 24.1 Å². The number of fused-ring (bicyclic) bond motifs is 1. The maximum absolute atomic E-state index is 14.3. The van der Waals surface area contributed by atoms with Gasteiger partial charge in [0.25, 0.3) is 11.8 Å². The number of aliphatic hydroxyl groups excluding tert-OH is 1. The number of nitrogens with zero attached hydrogens (tertiary/aromatic N) is 1. The van der Waals surface area contributed by atoms with Gasteiger partial charge in [0, 0.05) is 36.7 Å². The molecule has 0 radical (unpaired) electrons. The Balaban J connectivity index is 1.81. The van der Waals surface area contributed by atoms with Gasteiger partial charge in [0.2, 0.25) is 5.91 Å². The number of imide groups is 1. The number of nitrogens with one attached hydrogen (secondary N) is 1. The molecule has 0 aliphatic carbocycles. The van der Waals surface area contributed by atoms with E-state index in [0.717, 1.165) is 4.90 Å². The number of ether oxygens (including phenoxy) is 1. The van der Waals surface area contributed by atoms with E-state index in [-0.39, 0.29) is 43.5 Å². The Bertz CT molecular complexity index is 1190. The van der Waals surface area contributed by atoms with Gasteiger partial charge in [-0.15, -0.1) is 0 Å². The van der Waals surface area contributed by atoms with Gasteiger partial charge < -0.3 is 20.9 Å². The van der Waals surface area contributed by atoms with Crippen LogP contribution in [0.25, 0.3) is 0 Å². The molecular weight excluding hydrogens is 469 g/mol. The molecule has 4 N–H and O–H groups in total. The minimum absolute atomic E-state index is 0.00843. The molecule has 0 saturated carbocycles. The highest BCUT2D eigenvalue weighted by Crippen LogP contribution is 2.33. The standard InChI is InChI=1S/C26H30FN3O6/c1-26(2,3)36-22(33)10-9-17(12-21(28)32)30-24(34)18-5-4-6-20(23(18)25(30)35)29-13-16-8-7-15(14-31)11-19(16)27/h4-8,11,17,29,31H,9-10,12-14H2,1-3H3,(H2,28,32)/t17-/m0/s1. The Morgan fingerprint density at radius 2 is 1.89 bits per heavy atom. The fraction of sp³-hybridized carbons (Fsp3) is 0.385. The van der Waals surface area contributed by atoms with E-state index >= 15 is 0 Å². The highest BCUT2D eigenvalue weighted by Gasteiger charge is 2.42. The van der Waals surface area contributed by atoms with Crippen LogP contribution in [0.15, 0.2) is 36.4 Å². The third-order valence-corrected chi connectivity index (χ3v) is 5.62. The highest BCUT2D eigenvalue weighted by atomic mass is 19.1. The van der Waals surface area contributed by atoms with Crippen LogP contribution < -0.4 is 11.1 Å². The van der Waals surface area contributed by atoms with Crippen molar-refractivity contribution in [2.75, 3.05) is 5.32 Å². The summed E-state index contributed by atoms with van der Waals surface area (Å²) in [5, 5.41) is 12.2. The molecule has 3 amide bonds. The van der Waals surface area contributed by atoms with Crippen LogP contribution in [0, 0.1) is 5.82 Å². The minimum atomic E-state index is -0.932. The molecule has 36 heavy (non-hydrogen) atoms. The van der Waals surface area contributed by atoms with Gasteiger partial charge in [0.05, 0.1) is 17.7 Å². The number of aliphatic hydroxyl groups is 1. The van der Waals surface area contributed by atoms with Crippen LogP contribution in [0.1, 0.15) is 71.9 Å². The van der Waals surface area contributed by atoms with Crippen molar-refractivity contribution in [1.82, 2.24) is 4.90 Å². The number of hydrogen-bond donors (Lipinski definition) is 3. The van der Waals surface area contributed by atoms with E-state index < -0.39 is 41.2 Å². The quantitative estimate of drug-likeness (QED) is 0.337. The number of carbonyl (C=O) groups excluding carboxylic acids is 4. The van der Waals surface area contributed by atoms with Gasteiger partial charge in [0.15, 0.2) is 0 Å². The molecular formula is C26H30FN3O6. The van der Waals surface area contributed by atoms with Crippen LogP contribution in [0.2, 0.25) is 0 Å². The van der Waals surface area contributed by atoms with E-state index in [9.17, 15) is 23.6 Å². The third-order valence-electron chi connectivity index (χ3n) is 5.62. The van der Waals surface area contributed by atoms with Crippen LogP contribution in [0.4, 0.5) is 10.1 Å². The maximum atomic E-state index is 14.3. The molecule has 9 nitrogen and oxygen atoms in total. The molecule has 1 atom stereocenters. The molecule has 0 bridgehead atoms. The number of amides is 3. The third kappa shape index (κ3) is 6.25. The molecule has 1 aliphatic heterocycles. The molecule has 0 spiro atoms. The Kier molecular flexibility index (Phi) is 8.09. The summed E-state index contributed by atoms with van der Waals surface area (Å²) in [6, 6.07) is 8.08. The summed E-state index contributed by atoms with van der Waals surface area (Å²) in [5.74, 6) is -3.00. The summed E-state index contributed by atoms with van der Waals surface area (Å²) in [5.41, 5.74) is 5.96. The van der Waals surface area contributed by atoms with Crippen molar-refractivity contribution in [3.05, 3.63) is 64.5 Å². The summed E-state index contributed by atoms with van der Waals surface area (Å²) < 4.78 is 19.6. The van der Waals surface area contributed by atoms with Gasteiger partial charge >= 0.3 is 5.97 Å². The summed E-state index contributed by atoms with van der Waals surface area (Å²) in [6.07, 6.45) is -0.412. The number of rotatable bonds is 10. The lowest BCUT2D eigenvalue weighted by Crippen LogP contribution is -2.42. The largest absolute Gasteiger partial charge is 0.460 e. The lowest BCUT2D eigenvalue weighted by molar-refractivity contribution is -0.155. The predicted molar refractivity (Wildman–Crippen MR) is 129 cm³/mol. The topological polar surface area (TPSA) is 139 Å². The molecule has 3 rings (SSSR count). The Labute approximate surface area is 208 Å². The molecule has 0 saturated heterocycles. The predicted octanol–water partition coefficient (Wildman–Crippen LogP) is 2.89. The molecule has 10 heteroatoms. The first-order valence-corrected chi connectivity index (χ1v) is 11.5. The first-order chi connectivity index (χ1) is 16.9. The van der Waals surface area contributed by atoms with Gasteiger partial charge in [-0.05, 0) is 51.0 Å². The van der Waals surface area contributed by atoms with Crippen LogP contribution in [0.3, 0.4) is 0 Å². The average molecular weight is 500 g/mol. The Morgan fingerprint density at radius 3 is 2.50 bits per heavy atom. The van der Waals surface area contributed by atoms with Crippen LogP contribution >= 0.6 is 0 Å². The summed E-state index contributed by atoms with van der Waals surface area (Å²) in [7, 11) is 0. The number of carbonyl (C=O) groups is 4. The zero-order valence-electron chi connectivity index (χ0n) is 20.5. The fourth-order valence-corrected chi connectivity index (χ4v) is 4.04. The van der Waals surface area contributed by atoms with Crippen molar-refractivity contribution in [3.63, 3.8) is 0 Å². The fourth-order valence-electron chi connectivity index (χ4n) is 4.04. The first kappa shape index (κ1) is 26.8. The smallest absolute Gasteiger partial charge is 0.306 e. The van der Waals surface area contributed by atoms with Crippen molar-refractivity contribution in [3.8, 4) is 0 Å². The zero-order valence-corrected chi connectivity index (χ0v) is 20.5. The van der Waals surface area contributed by atoms with Crippen molar-refractivity contribution in [1.29, 1.82) is 0 Å². The highest BCUT2D eigenvalue weighted by molar-refractivity contribution is 6.24. The lowest BCUT2D eigenvalue weighted by atomic mass is 10.1. The normalized spacial score (nSPS) is 14.0. The van der Waals surface area contributed by atoms with Gasteiger partial charge in [-0.25, -0.2) is 4.39 Å². The summed E-state index contributed by atoms with van der Waals surface area (Å²) in [4.78, 5) is 51.5. The second-order valence-corrected chi connectivity index (χ2v) is 9.60. The number of nitrogens with two attached hydrogens (primary N) is 1. The van der Waals surface area contributed by atoms with E-state index in [4.69, 9.17) is 15.6 Å². The molecule has 0 aromatic heterocycles. The Hall–Kier alpha value is -3.79. The molecule has 192 valence electrons. The van der Waals surface area contributed by atoms with E-state index in [2.05, 4.69) is 5.32 Å². The van der Waals surface area contributed by atoms with Gasteiger partial charge in [0.1, 0.15) is 11.4 Å². The van der Waals surface area contributed by atoms with Crippen molar-refractivity contribution < 1.29 is 33.4 Å². The van der Waals surface area contributed by atoms with Crippen molar-refractivity contribution in [2.24, 2.45) is 5.73 Å². The van der Waals surface area contributed by atoms with E-state index in [1.54, 1.807) is 39.0 Å². The summed E-state index contributed by atoms with van der Waals surface area (Å²) in [6.45, 7) is 4.90. The number of primary amides is 1. The number of anilines is 1. The van der Waals surface area contributed by atoms with Crippen LogP contribution in [0.5, 0.6) is 0 Å². The van der Waals surface area contributed by atoms with Crippen LogP contribution in [-0.2, 0) is 27.5 Å². The number of esters is 1. The van der Waals surface area contributed by atoms with Crippen molar-refractivity contribution >= 4 is 29.4 Å². The van der Waals surface area contributed by atoms with Crippen molar-refractivity contribution in [2.45, 2.75) is 64.8 Å². The van der Waals surface area contributed by atoms with Crippen LogP contribution in [-0.4, -0.2) is 45.3 Å². The first-order valence-electron chi connectivity index (χ1n) is 11.5. The van der Waals surface area contributed by atoms with E-state index in [1.165, 1.54) is 18.2 Å². The lowest BCUT2D eigenvalue weighted by Gasteiger charge is -2.26. The monoisotopic (exact) mass is 499 g/mol. The second kappa shape index (κ2) is 10.9. The number of halogens is 1. The maximum Gasteiger partial charge on any atom is 0.306 e. The minimum Gasteiger partial charge on any atom is -0.460 e. The Morgan fingerprint density at radius 1 is 1.17 bits per heavy atom. The molecule has 2 aromatic rings. The molecule has 1 heterocycles.